The molecule has 0 aliphatic carbocycles. The molecule has 0 spiro atoms. The SMILES string of the molecule is COc1ccc(OC)c(NC(=O)CCn2c(=O)cc(C)c3cccc(OC)c32)c1. The van der Waals surface area contributed by atoms with Crippen molar-refractivity contribution in [1.29, 1.82) is 0 Å². The normalized spacial score (nSPS) is 10.6. The Morgan fingerprint density at radius 1 is 1.00 bits per heavy atom. The number of fused-ring (bicyclic) bond motifs is 1. The number of nitrogens with zero attached hydrogens (tertiary/aromatic N) is 1. The second kappa shape index (κ2) is 8.68. The summed E-state index contributed by atoms with van der Waals surface area (Å²) in [6.45, 7) is 2.10. The Balaban J connectivity index is 1.86. The van der Waals surface area contributed by atoms with E-state index in [0.717, 1.165) is 10.9 Å². The minimum absolute atomic E-state index is 0.108. The number of amides is 1. The lowest BCUT2D eigenvalue weighted by atomic mass is 10.1. The van der Waals surface area contributed by atoms with Gasteiger partial charge in [-0.05, 0) is 30.7 Å². The minimum Gasteiger partial charge on any atom is -0.497 e. The fourth-order valence-corrected chi connectivity index (χ4v) is 3.29. The average Bonchev–Trinajstić information content (AvgIpc) is 2.73. The van der Waals surface area contributed by atoms with E-state index in [2.05, 4.69) is 5.32 Å². The number of aryl methyl sites for hydroxylation is 2. The highest BCUT2D eigenvalue weighted by Gasteiger charge is 2.14. The van der Waals surface area contributed by atoms with Crippen molar-refractivity contribution < 1.29 is 19.0 Å². The van der Waals surface area contributed by atoms with Crippen LogP contribution in [0.2, 0.25) is 0 Å². The molecule has 0 saturated carbocycles. The number of hydrogen-bond acceptors (Lipinski definition) is 5. The van der Waals surface area contributed by atoms with Crippen LogP contribution in [0.15, 0.2) is 47.3 Å². The summed E-state index contributed by atoms with van der Waals surface area (Å²) in [6, 6.07) is 12.3. The number of hydrogen-bond donors (Lipinski definition) is 1. The Kier molecular flexibility index (Phi) is 6.07. The van der Waals surface area contributed by atoms with E-state index in [9.17, 15) is 9.59 Å². The topological polar surface area (TPSA) is 78.8 Å². The third-order valence-corrected chi connectivity index (χ3v) is 4.76. The molecule has 1 N–H and O–H groups in total. The van der Waals surface area contributed by atoms with Crippen molar-refractivity contribution in [3.05, 3.63) is 58.4 Å². The van der Waals surface area contributed by atoms with Crippen LogP contribution in [0.5, 0.6) is 17.2 Å². The minimum atomic E-state index is -0.243. The van der Waals surface area contributed by atoms with Gasteiger partial charge in [0.05, 0.1) is 32.5 Å². The molecule has 0 radical (unpaired) electrons. The van der Waals surface area contributed by atoms with Gasteiger partial charge >= 0.3 is 0 Å². The standard InChI is InChI=1S/C22H24N2O5/c1-14-12-21(26)24(22-16(14)6-5-7-19(22)29-4)11-10-20(25)23-17-13-15(27-2)8-9-18(17)28-3/h5-9,12-13H,10-11H2,1-4H3,(H,23,25). The zero-order valence-electron chi connectivity index (χ0n) is 16.9. The summed E-state index contributed by atoms with van der Waals surface area (Å²) < 4.78 is 17.5. The van der Waals surface area contributed by atoms with Crippen LogP contribution in [0.1, 0.15) is 12.0 Å². The van der Waals surface area contributed by atoms with Crippen molar-refractivity contribution in [1.82, 2.24) is 4.57 Å². The second-order valence-electron chi connectivity index (χ2n) is 6.54. The van der Waals surface area contributed by atoms with E-state index in [-0.39, 0.29) is 24.4 Å². The molecule has 1 aromatic heterocycles. The first-order valence-electron chi connectivity index (χ1n) is 9.17. The second-order valence-corrected chi connectivity index (χ2v) is 6.54. The number of anilines is 1. The predicted molar refractivity (Wildman–Crippen MR) is 112 cm³/mol. The summed E-state index contributed by atoms with van der Waals surface area (Å²) >= 11 is 0. The molecule has 1 heterocycles. The molecular weight excluding hydrogens is 372 g/mol. The summed E-state index contributed by atoms with van der Waals surface area (Å²) in [5.41, 5.74) is 1.89. The molecule has 3 aromatic rings. The summed E-state index contributed by atoms with van der Waals surface area (Å²) in [5.74, 6) is 1.48. The van der Waals surface area contributed by atoms with E-state index in [1.54, 1.807) is 49.1 Å². The Labute approximate surface area is 168 Å². The quantitative estimate of drug-likeness (QED) is 0.663. The van der Waals surface area contributed by atoms with Crippen molar-refractivity contribution in [3.63, 3.8) is 0 Å². The number of carbonyl (C=O) groups is 1. The molecule has 7 heteroatoms. The monoisotopic (exact) mass is 396 g/mol. The predicted octanol–water partition coefficient (Wildman–Crippen LogP) is 3.36. The fraction of sp³-hybridized carbons (Fsp3) is 0.273. The Hall–Kier alpha value is -3.48. The lowest BCUT2D eigenvalue weighted by Crippen LogP contribution is -2.24. The van der Waals surface area contributed by atoms with Gasteiger partial charge in [0, 0.05) is 30.5 Å². The van der Waals surface area contributed by atoms with Crippen LogP contribution in [0.4, 0.5) is 5.69 Å². The summed E-state index contributed by atoms with van der Waals surface area (Å²) in [5, 5.41) is 3.74. The van der Waals surface area contributed by atoms with Crippen LogP contribution in [0.3, 0.4) is 0 Å². The van der Waals surface area contributed by atoms with Gasteiger partial charge in [-0.15, -0.1) is 0 Å². The Morgan fingerprint density at radius 3 is 2.45 bits per heavy atom. The van der Waals surface area contributed by atoms with Crippen LogP contribution < -0.4 is 25.1 Å². The average molecular weight is 396 g/mol. The number of carbonyl (C=O) groups excluding carboxylic acids is 1. The molecule has 0 aliphatic heterocycles. The highest BCUT2D eigenvalue weighted by atomic mass is 16.5. The first-order chi connectivity index (χ1) is 14.0. The van der Waals surface area contributed by atoms with Gasteiger partial charge in [-0.25, -0.2) is 0 Å². The van der Waals surface area contributed by atoms with Gasteiger partial charge in [0.2, 0.25) is 5.91 Å². The number of benzene rings is 2. The van der Waals surface area contributed by atoms with Crippen molar-refractivity contribution in [2.45, 2.75) is 19.9 Å². The van der Waals surface area contributed by atoms with E-state index >= 15 is 0 Å². The van der Waals surface area contributed by atoms with E-state index < -0.39 is 0 Å². The maximum atomic E-state index is 12.6. The number of ether oxygens (including phenoxy) is 3. The fourth-order valence-electron chi connectivity index (χ4n) is 3.29. The van der Waals surface area contributed by atoms with E-state index in [1.165, 1.54) is 7.11 Å². The molecule has 29 heavy (non-hydrogen) atoms. The number of pyridine rings is 1. The molecule has 0 atom stereocenters. The van der Waals surface area contributed by atoms with Gasteiger partial charge in [0.15, 0.2) is 0 Å². The largest absolute Gasteiger partial charge is 0.497 e. The van der Waals surface area contributed by atoms with Crippen LogP contribution in [-0.4, -0.2) is 31.8 Å². The van der Waals surface area contributed by atoms with Crippen LogP contribution in [0, 0.1) is 6.92 Å². The number of para-hydroxylation sites is 1. The highest BCUT2D eigenvalue weighted by Crippen LogP contribution is 2.29. The number of methoxy groups -OCH3 is 3. The van der Waals surface area contributed by atoms with Gasteiger partial charge in [-0.1, -0.05) is 12.1 Å². The summed E-state index contributed by atoms with van der Waals surface area (Å²) in [6.07, 6.45) is 0.108. The molecule has 7 nitrogen and oxygen atoms in total. The number of aromatic nitrogens is 1. The molecule has 2 aromatic carbocycles. The van der Waals surface area contributed by atoms with Crippen LogP contribution in [0.25, 0.3) is 10.9 Å². The number of rotatable bonds is 7. The van der Waals surface area contributed by atoms with Crippen molar-refractivity contribution in [2.24, 2.45) is 0 Å². The van der Waals surface area contributed by atoms with Crippen molar-refractivity contribution in [2.75, 3.05) is 26.6 Å². The first kappa shape index (κ1) is 20.3. The molecule has 3 rings (SSSR count). The van der Waals surface area contributed by atoms with E-state index in [1.807, 2.05) is 19.1 Å². The molecule has 0 fully saturated rings. The lowest BCUT2D eigenvalue weighted by molar-refractivity contribution is -0.116. The van der Waals surface area contributed by atoms with Crippen molar-refractivity contribution in [3.8, 4) is 17.2 Å². The Bertz CT molecular complexity index is 1100. The van der Waals surface area contributed by atoms with E-state index in [4.69, 9.17) is 14.2 Å². The van der Waals surface area contributed by atoms with Gasteiger partial charge in [-0.3, -0.25) is 9.59 Å². The van der Waals surface area contributed by atoms with Gasteiger partial charge < -0.3 is 24.1 Å². The number of nitrogens with one attached hydrogen (secondary N) is 1. The maximum absolute atomic E-state index is 12.6. The lowest BCUT2D eigenvalue weighted by Gasteiger charge is -2.15. The summed E-state index contributed by atoms with van der Waals surface area (Å²) in [4.78, 5) is 25.2. The highest BCUT2D eigenvalue weighted by molar-refractivity contribution is 5.93. The Morgan fingerprint density at radius 2 is 1.76 bits per heavy atom. The third-order valence-electron chi connectivity index (χ3n) is 4.76. The first-order valence-corrected chi connectivity index (χ1v) is 9.17. The van der Waals surface area contributed by atoms with Gasteiger partial charge in [-0.2, -0.15) is 0 Å². The van der Waals surface area contributed by atoms with E-state index in [0.29, 0.717) is 28.5 Å². The third kappa shape index (κ3) is 4.18. The van der Waals surface area contributed by atoms with Crippen molar-refractivity contribution >= 4 is 22.5 Å². The molecule has 0 bridgehead atoms. The summed E-state index contributed by atoms with van der Waals surface area (Å²) in [7, 11) is 4.64. The smallest absolute Gasteiger partial charge is 0.251 e. The zero-order chi connectivity index (χ0) is 21.0. The maximum Gasteiger partial charge on any atom is 0.251 e. The molecule has 0 unspecified atom stereocenters. The molecule has 1 amide bonds. The zero-order valence-corrected chi connectivity index (χ0v) is 16.9. The van der Waals surface area contributed by atoms with Crippen LogP contribution >= 0.6 is 0 Å². The molecule has 152 valence electrons. The molecule has 0 aliphatic rings. The van der Waals surface area contributed by atoms with Gasteiger partial charge in [0.1, 0.15) is 17.2 Å². The van der Waals surface area contributed by atoms with Gasteiger partial charge in [0.25, 0.3) is 5.56 Å². The molecule has 0 saturated heterocycles. The molecular formula is C22H24N2O5. The van der Waals surface area contributed by atoms with Crippen LogP contribution in [-0.2, 0) is 11.3 Å².